The van der Waals surface area contributed by atoms with E-state index in [1.165, 1.54) is 17.0 Å². The maximum atomic E-state index is 12.8. The number of aromatic nitrogens is 2. The number of carbonyl (C=O) groups excluding carboxylic acids is 1. The summed E-state index contributed by atoms with van der Waals surface area (Å²) in [7, 11) is 0. The molecule has 3 rings (SSSR count). The quantitative estimate of drug-likeness (QED) is 0.709. The van der Waals surface area contributed by atoms with Gasteiger partial charge in [-0.2, -0.15) is 18.4 Å². The fourth-order valence-corrected chi connectivity index (χ4v) is 3.01. The minimum atomic E-state index is -4.44. The van der Waals surface area contributed by atoms with Gasteiger partial charge in [-0.1, -0.05) is 25.5 Å². The number of hydrogen-bond acceptors (Lipinski definition) is 5. The summed E-state index contributed by atoms with van der Waals surface area (Å²) in [6.45, 7) is 2.87. The summed E-state index contributed by atoms with van der Waals surface area (Å²) in [6.07, 6.45) is -2.79. The van der Waals surface area contributed by atoms with Crippen LogP contribution in [0.25, 0.3) is 11.4 Å². The Morgan fingerprint density at radius 3 is 2.62 bits per heavy atom. The van der Waals surface area contributed by atoms with Crippen LogP contribution in [-0.2, 0) is 23.9 Å². The van der Waals surface area contributed by atoms with Crippen LogP contribution >= 0.6 is 0 Å². The minimum Gasteiger partial charge on any atom is -0.449 e. The summed E-state index contributed by atoms with van der Waals surface area (Å²) in [5.74, 6) is 0.148. The van der Waals surface area contributed by atoms with Gasteiger partial charge < -0.3 is 9.64 Å². The van der Waals surface area contributed by atoms with Crippen molar-refractivity contribution >= 4 is 6.09 Å². The summed E-state index contributed by atoms with van der Waals surface area (Å²) >= 11 is 0. The van der Waals surface area contributed by atoms with Crippen LogP contribution in [0.1, 0.15) is 42.3 Å². The minimum absolute atomic E-state index is 0.148. The van der Waals surface area contributed by atoms with Gasteiger partial charge in [0.1, 0.15) is 11.8 Å². The van der Waals surface area contributed by atoms with Gasteiger partial charge in [-0.15, -0.1) is 0 Å². The molecule has 2 heterocycles. The predicted molar refractivity (Wildman–Crippen MR) is 97.6 cm³/mol. The second kappa shape index (κ2) is 8.47. The molecule has 6 nitrogen and oxygen atoms in total. The van der Waals surface area contributed by atoms with Crippen LogP contribution in [-0.4, -0.2) is 34.1 Å². The largest absolute Gasteiger partial charge is 0.449 e. The predicted octanol–water partition coefficient (Wildman–Crippen LogP) is 4.33. The van der Waals surface area contributed by atoms with Gasteiger partial charge in [0.15, 0.2) is 5.82 Å². The molecule has 0 saturated carbocycles. The van der Waals surface area contributed by atoms with E-state index < -0.39 is 17.8 Å². The van der Waals surface area contributed by atoms with Crippen molar-refractivity contribution in [2.45, 2.75) is 38.9 Å². The monoisotopic (exact) mass is 404 g/mol. The van der Waals surface area contributed by atoms with Gasteiger partial charge in [-0.3, -0.25) is 0 Å². The van der Waals surface area contributed by atoms with Gasteiger partial charge >= 0.3 is 12.3 Å². The first-order valence-corrected chi connectivity index (χ1v) is 9.22. The maximum Gasteiger partial charge on any atom is 0.416 e. The van der Waals surface area contributed by atoms with Crippen molar-refractivity contribution in [3.8, 4) is 17.5 Å². The molecule has 1 aromatic carbocycles. The molecule has 1 aliphatic heterocycles. The highest BCUT2D eigenvalue weighted by atomic mass is 19.4. The fourth-order valence-electron chi connectivity index (χ4n) is 3.01. The molecule has 1 aliphatic rings. The van der Waals surface area contributed by atoms with Crippen LogP contribution < -0.4 is 0 Å². The van der Waals surface area contributed by atoms with E-state index in [0.717, 1.165) is 25.0 Å². The fraction of sp³-hybridized carbons (Fsp3) is 0.400. The van der Waals surface area contributed by atoms with Gasteiger partial charge in [0.25, 0.3) is 0 Å². The third-order valence-corrected chi connectivity index (χ3v) is 4.62. The number of ether oxygens (including phenoxy) is 1. The lowest BCUT2D eigenvalue weighted by Crippen LogP contribution is -2.37. The lowest BCUT2D eigenvalue weighted by Gasteiger charge is -2.28. The number of alkyl halides is 3. The average molecular weight is 404 g/mol. The van der Waals surface area contributed by atoms with E-state index in [0.29, 0.717) is 36.4 Å². The molecule has 0 radical (unpaired) electrons. The summed E-state index contributed by atoms with van der Waals surface area (Å²) in [4.78, 5) is 22.3. The second-order valence-electron chi connectivity index (χ2n) is 6.65. The zero-order valence-corrected chi connectivity index (χ0v) is 15.8. The first-order chi connectivity index (χ1) is 13.8. The van der Waals surface area contributed by atoms with E-state index in [-0.39, 0.29) is 18.1 Å². The number of carbonyl (C=O) groups is 1. The number of halogens is 3. The van der Waals surface area contributed by atoms with E-state index in [1.54, 1.807) is 0 Å². The Kier molecular flexibility index (Phi) is 6.01. The number of nitrogens with zero attached hydrogens (tertiary/aromatic N) is 4. The van der Waals surface area contributed by atoms with Gasteiger partial charge in [-0.25, -0.2) is 14.8 Å². The second-order valence-corrected chi connectivity index (χ2v) is 6.65. The van der Waals surface area contributed by atoms with E-state index in [1.807, 2.05) is 13.0 Å². The number of amides is 1. The molecule has 9 heteroatoms. The number of unbranched alkanes of at least 4 members (excludes halogenated alkanes) is 1. The first kappa shape index (κ1) is 20.6. The maximum absolute atomic E-state index is 12.8. The van der Waals surface area contributed by atoms with Crippen molar-refractivity contribution in [1.82, 2.24) is 14.9 Å². The topological polar surface area (TPSA) is 79.1 Å². The molecule has 152 valence electrons. The van der Waals surface area contributed by atoms with E-state index in [2.05, 4.69) is 9.97 Å². The van der Waals surface area contributed by atoms with Gasteiger partial charge in [0, 0.05) is 17.7 Å². The Hall–Kier alpha value is -3.15. The number of nitriles is 1. The zero-order valence-electron chi connectivity index (χ0n) is 15.8. The van der Waals surface area contributed by atoms with E-state index in [9.17, 15) is 23.2 Å². The Balaban J connectivity index is 1.87. The molecule has 0 N–H and O–H groups in total. The molecule has 2 aromatic rings. The van der Waals surface area contributed by atoms with Gasteiger partial charge in [0.2, 0.25) is 0 Å². The van der Waals surface area contributed by atoms with Crippen molar-refractivity contribution in [3.63, 3.8) is 0 Å². The lowest BCUT2D eigenvalue weighted by atomic mass is 10.0. The molecule has 0 saturated heterocycles. The lowest BCUT2D eigenvalue weighted by molar-refractivity contribution is -0.137. The first-order valence-electron chi connectivity index (χ1n) is 9.22. The average Bonchev–Trinajstić information content (AvgIpc) is 2.72. The summed E-state index contributed by atoms with van der Waals surface area (Å²) < 4.78 is 43.5. The van der Waals surface area contributed by atoms with Crippen LogP contribution in [0.3, 0.4) is 0 Å². The van der Waals surface area contributed by atoms with Gasteiger partial charge in [0.05, 0.1) is 24.4 Å². The highest BCUT2D eigenvalue weighted by Gasteiger charge is 2.30. The third-order valence-electron chi connectivity index (χ3n) is 4.62. The smallest absolute Gasteiger partial charge is 0.416 e. The molecule has 0 atom stereocenters. The summed E-state index contributed by atoms with van der Waals surface area (Å²) in [5, 5.41) is 9.44. The summed E-state index contributed by atoms with van der Waals surface area (Å²) in [5.41, 5.74) is 0.912. The SMILES string of the molecule is CCCCOC(=O)N1CCc2c(C#N)nc(-c3ccc(C(F)(F)F)cc3)nc2C1. The number of fused-ring (bicyclic) bond motifs is 1. The number of benzene rings is 1. The van der Waals surface area contributed by atoms with Crippen molar-refractivity contribution < 1.29 is 22.7 Å². The molecule has 0 unspecified atom stereocenters. The number of hydrogen-bond donors (Lipinski definition) is 0. The van der Waals surface area contributed by atoms with Crippen LogP contribution in [0.2, 0.25) is 0 Å². The molecule has 0 fully saturated rings. The van der Waals surface area contributed by atoms with E-state index >= 15 is 0 Å². The van der Waals surface area contributed by atoms with Crippen LogP contribution in [0.15, 0.2) is 24.3 Å². The molecular weight excluding hydrogens is 385 g/mol. The van der Waals surface area contributed by atoms with Crippen molar-refractivity contribution in [2.24, 2.45) is 0 Å². The van der Waals surface area contributed by atoms with Crippen molar-refractivity contribution in [3.05, 3.63) is 46.8 Å². The van der Waals surface area contributed by atoms with Crippen molar-refractivity contribution in [1.29, 1.82) is 5.26 Å². The Bertz CT molecular complexity index is 936. The molecule has 0 spiro atoms. The van der Waals surface area contributed by atoms with Gasteiger partial charge in [-0.05, 0) is 25.0 Å². The molecule has 0 bridgehead atoms. The normalized spacial score (nSPS) is 13.6. The summed E-state index contributed by atoms with van der Waals surface area (Å²) in [6, 6.07) is 6.45. The molecule has 29 heavy (non-hydrogen) atoms. The molecule has 0 aliphatic carbocycles. The zero-order chi connectivity index (χ0) is 21.0. The van der Waals surface area contributed by atoms with Crippen LogP contribution in [0.5, 0.6) is 0 Å². The van der Waals surface area contributed by atoms with E-state index in [4.69, 9.17) is 4.74 Å². The highest BCUT2D eigenvalue weighted by Crippen LogP contribution is 2.31. The molecular formula is C20H19F3N4O2. The Morgan fingerprint density at radius 2 is 2.00 bits per heavy atom. The third kappa shape index (κ3) is 4.65. The number of rotatable bonds is 4. The standard InChI is InChI=1S/C20H19F3N4O2/c1-2-3-10-29-19(28)27-9-8-15-16(11-24)25-18(26-17(15)12-27)13-4-6-14(7-5-13)20(21,22)23/h4-7H,2-3,8-10,12H2,1H3. The van der Waals surface area contributed by atoms with Crippen LogP contribution in [0, 0.1) is 11.3 Å². The Morgan fingerprint density at radius 1 is 1.28 bits per heavy atom. The Labute approximate surface area is 165 Å². The highest BCUT2D eigenvalue weighted by molar-refractivity contribution is 5.68. The van der Waals surface area contributed by atoms with Crippen molar-refractivity contribution in [2.75, 3.05) is 13.2 Å². The molecule has 1 aromatic heterocycles. The van der Waals surface area contributed by atoms with Crippen LogP contribution in [0.4, 0.5) is 18.0 Å². The molecule has 1 amide bonds.